The molecule has 3 nitrogen and oxygen atoms in total. The summed E-state index contributed by atoms with van der Waals surface area (Å²) in [5, 5.41) is 11.3. The fourth-order valence-electron chi connectivity index (χ4n) is 2.90. The van der Waals surface area contributed by atoms with E-state index in [1.807, 2.05) is 0 Å². The Morgan fingerprint density at radius 3 is 2.60 bits per heavy atom. The summed E-state index contributed by atoms with van der Waals surface area (Å²) in [6.45, 7) is 7.54. The third-order valence-electron chi connectivity index (χ3n) is 4.24. The quantitative estimate of drug-likeness (QED) is 0.865. The zero-order valence-electron chi connectivity index (χ0n) is 12.2. The highest BCUT2D eigenvalue weighted by atomic mass is 79.9. The van der Waals surface area contributed by atoms with Crippen molar-refractivity contribution in [1.29, 1.82) is 0 Å². The number of halogens is 1. The third kappa shape index (κ3) is 2.31. The Balaban J connectivity index is 2.05. The molecule has 1 unspecified atom stereocenters. The van der Waals surface area contributed by atoms with Gasteiger partial charge in [-0.3, -0.25) is 5.10 Å². The number of aromatic amines is 1. The highest BCUT2D eigenvalue weighted by Crippen LogP contribution is 2.36. The van der Waals surface area contributed by atoms with Gasteiger partial charge >= 0.3 is 0 Å². The normalized spacial score (nSPS) is 18.7. The van der Waals surface area contributed by atoms with E-state index in [0.717, 1.165) is 16.7 Å². The van der Waals surface area contributed by atoms with Crippen LogP contribution in [0.2, 0.25) is 0 Å². The van der Waals surface area contributed by atoms with Gasteiger partial charge < -0.3 is 5.32 Å². The van der Waals surface area contributed by atoms with E-state index in [4.69, 9.17) is 0 Å². The molecule has 0 spiro atoms. The largest absolute Gasteiger partial charge is 0.309 e. The summed E-state index contributed by atoms with van der Waals surface area (Å²) in [6.07, 6.45) is 2.40. The second-order valence-electron chi connectivity index (χ2n) is 5.70. The number of hydrogen-bond donors (Lipinski definition) is 2. The van der Waals surface area contributed by atoms with Gasteiger partial charge in [-0.25, -0.2) is 0 Å². The lowest BCUT2D eigenvalue weighted by atomic mass is 9.98. The summed E-state index contributed by atoms with van der Waals surface area (Å²) < 4.78 is 1.10. The molecule has 1 fully saturated rings. The molecule has 1 aromatic carbocycles. The van der Waals surface area contributed by atoms with E-state index >= 15 is 0 Å². The predicted molar refractivity (Wildman–Crippen MR) is 85.9 cm³/mol. The molecule has 106 valence electrons. The Kier molecular flexibility index (Phi) is 3.69. The van der Waals surface area contributed by atoms with Crippen LogP contribution in [-0.2, 0) is 0 Å². The van der Waals surface area contributed by atoms with Crippen LogP contribution in [0.3, 0.4) is 0 Å². The molecule has 0 aliphatic carbocycles. The number of aryl methyl sites for hydroxylation is 3. The van der Waals surface area contributed by atoms with E-state index in [1.165, 1.54) is 40.8 Å². The summed E-state index contributed by atoms with van der Waals surface area (Å²) in [4.78, 5) is 0. The highest BCUT2D eigenvalue weighted by molar-refractivity contribution is 9.10. The molecule has 1 atom stereocenters. The van der Waals surface area contributed by atoms with Crippen LogP contribution < -0.4 is 5.32 Å². The van der Waals surface area contributed by atoms with Gasteiger partial charge in [0.15, 0.2) is 0 Å². The predicted octanol–water partition coefficient (Wildman–Crippen LogP) is 4.19. The third-order valence-corrected chi connectivity index (χ3v) is 5.04. The number of H-pyrrole nitrogens is 1. The second-order valence-corrected chi connectivity index (χ2v) is 6.49. The van der Waals surface area contributed by atoms with Crippen molar-refractivity contribution in [2.24, 2.45) is 0 Å². The summed E-state index contributed by atoms with van der Waals surface area (Å²) in [7, 11) is 0. The standard InChI is InChI=1S/C16H20BrN3/c1-9-7-11(3)12(8-10(9)2)15-14(17)16(20-19-15)13-5-4-6-18-13/h7-8,13,18H,4-6H2,1-3H3,(H,19,20). The van der Waals surface area contributed by atoms with Crippen molar-refractivity contribution in [1.82, 2.24) is 15.5 Å². The molecule has 20 heavy (non-hydrogen) atoms. The molecule has 2 aromatic rings. The molecule has 3 rings (SSSR count). The maximum atomic E-state index is 4.55. The molecule has 1 aliphatic heterocycles. The van der Waals surface area contributed by atoms with Crippen LogP contribution >= 0.6 is 15.9 Å². The molecule has 0 amide bonds. The molecule has 1 aliphatic rings. The van der Waals surface area contributed by atoms with Crippen molar-refractivity contribution in [2.45, 2.75) is 39.7 Å². The van der Waals surface area contributed by atoms with Crippen molar-refractivity contribution in [2.75, 3.05) is 6.54 Å². The fraction of sp³-hybridized carbons (Fsp3) is 0.438. The molecule has 0 saturated carbocycles. The number of hydrogen-bond acceptors (Lipinski definition) is 2. The van der Waals surface area contributed by atoms with E-state index in [9.17, 15) is 0 Å². The van der Waals surface area contributed by atoms with Gasteiger partial charge in [-0.1, -0.05) is 6.07 Å². The Morgan fingerprint density at radius 1 is 1.15 bits per heavy atom. The molecular formula is C16H20BrN3. The number of nitrogens with zero attached hydrogens (tertiary/aromatic N) is 1. The molecule has 4 heteroatoms. The minimum absolute atomic E-state index is 0.400. The first-order chi connectivity index (χ1) is 9.58. The van der Waals surface area contributed by atoms with Crippen molar-refractivity contribution in [3.8, 4) is 11.3 Å². The lowest BCUT2D eigenvalue weighted by Gasteiger charge is -2.10. The van der Waals surface area contributed by atoms with Crippen LogP contribution in [0.15, 0.2) is 16.6 Å². The Bertz CT molecular complexity index is 639. The summed E-state index contributed by atoms with van der Waals surface area (Å²) in [5.74, 6) is 0. The number of rotatable bonds is 2. The number of aromatic nitrogens is 2. The fourth-order valence-corrected chi connectivity index (χ4v) is 3.57. The van der Waals surface area contributed by atoms with Gasteiger partial charge in [-0.15, -0.1) is 0 Å². The highest BCUT2D eigenvalue weighted by Gasteiger charge is 2.23. The van der Waals surface area contributed by atoms with Gasteiger partial charge in [0, 0.05) is 5.56 Å². The minimum atomic E-state index is 0.400. The Morgan fingerprint density at radius 2 is 1.90 bits per heavy atom. The molecule has 2 heterocycles. The lowest BCUT2D eigenvalue weighted by molar-refractivity contribution is 0.623. The molecule has 2 N–H and O–H groups in total. The van der Waals surface area contributed by atoms with Gasteiger partial charge in [0.05, 0.1) is 16.2 Å². The van der Waals surface area contributed by atoms with Crippen LogP contribution in [0.1, 0.15) is 41.3 Å². The summed E-state index contributed by atoms with van der Waals surface area (Å²) >= 11 is 3.74. The smallest absolute Gasteiger partial charge is 0.107 e. The van der Waals surface area contributed by atoms with E-state index in [0.29, 0.717) is 6.04 Å². The van der Waals surface area contributed by atoms with Crippen LogP contribution in [0.25, 0.3) is 11.3 Å². The van der Waals surface area contributed by atoms with Gasteiger partial charge in [0.1, 0.15) is 5.69 Å². The zero-order chi connectivity index (χ0) is 14.3. The van der Waals surface area contributed by atoms with Crippen LogP contribution in [0.5, 0.6) is 0 Å². The van der Waals surface area contributed by atoms with E-state index in [1.54, 1.807) is 0 Å². The van der Waals surface area contributed by atoms with Crippen molar-refractivity contribution < 1.29 is 0 Å². The first-order valence-electron chi connectivity index (χ1n) is 7.13. The second kappa shape index (κ2) is 5.34. The zero-order valence-corrected chi connectivity index (χ0v) is 13.8. The van der Waals surface area contributed by atoms with E-state index < -0.39 is 0 Å². The maximum Gasteiger partial charge on any atom is 0.107 e. The molecule has 0 bridgehead atoms. The van der Waals surface area contributed by atoms with E-state index in [-0.39, 0.29) is 0 Å². The van der Waals surface area contributed by atoms with Gasteiger partial charge in [0.25, 0.3) is 0 Å². The maximum absolute atomic E-state index is 4.55. The first kappa shape index (κ1) is 13.8. The average Bonchev–Trinajstić information content (AvgIpc) is 3.03. The van der Waals surface area contributed by atoms with Crippen LogP contribution in [0, 0.1) is 20.8 Å². The topological polar surface area (TPSA) is 40.7 Å². The first-order valence-corrected chi connectivity index (χ1v) is 7.92. The van der Waals surface area contributed by atoms with Gasteiger partial charge in [-0.05, 0) is 78.8 Å². The average molecular weight is 334 g/mol. The molecule has 1 saturated heterocycles. The van der Waals surface area contributed by atoms with Crippen molar-refractivity contribution in [3.05, 3.63) is 39.0 Å². The molecular weight excluding hydrogens is 314 g/mol. The molecule has 0 radical (unpaired) electrons. The SMILES string of the molecule is Cc1cc(C)c(-c2n[nH]c(C3CCCN3)c2Br)cc1C. The van der Waals surface area contributed by atoms with Crippen molar-refractivity contribution >= 4 is 15.9 Å². The monoisotopic (exact) mass is 333 g/mol. The Labute approximate surface area is 128 Å². The van der Waals surface area contributed by atoms with Crippen LogP contribution in [0.4, 0.5) is 0 Å². The Hall–Kier alpha value is -1.13. The summed E-state index contributed by atoms with van der Waals surface area (Å²) in [5.41, 5.74) is 7.31. The number of benzene rings is 1. The minimum Gasteiger partial charge on any atom is -0.309 e. The number of nitrogens with one attached hydrogen (secondary N) is 2. The van der Waals surface area contributed by atoms with Gasteiger partial charge in [-0.2, -0.15) is 5.10 Å². The van der Waals surface area contributed by atoms with Gasteiger partial charge in [0.2, 0.25) is 0 Å². The molecule has 1 aromatic heterocycles. The van der Waals surface area contributed by atoms with E-state index in [2.05, 4.69) is 64.3 Å². The van der Waals surface area contributed by atoms with Crippen molar-refractivity contribution in [3.63, 3.8) is 0 Å². The summed E-state index contributed by atoms with van der Waals surface area (Å²) in [6, 6.07) is 4.87. The van der Waals surface area contributed by atoms with Crippen LogP contribution in [-0.4, -0.2) is 16.7 Å². The lowest BCUT2D eigenvalue weighted by Crippen LogP contribution is -2.13.